The number of fused-ring (bicyclic) bond motifs is 1. The van der Waals surface area contributed by atoms with Crippen LogP contribution < -0.4 is 22.1 Å². The van der Waals surface area contributed by atoms with Crippen molar-refractivity contribution in [1.29, 1.82) is 0 Å². The Balaban J connectivity index is 2.37. The fraction of sp³-hybridized carbons (Fsp3) is 0.429. The number of hydrogen-bond acceptors (Lipinski definition) is 7. The Morgan fingerprint density at radius 3 is 2.93 bits per heavy atom. The number of rotatable bonds is 1. The van der Waals surface area contributed by atoms with Crippen molar-refractivity contribution in [2.45, 2.75) is 6.04 Å². The third-order valence-electron chi connectivity index (χ3n) is 2.04. The predicted octanol–water partition coefficient (Wildman–Crippen LogP) is -1.16. The van der Waals surface area contributed by atoms with E-state index >= 15 is 0 Å². The topological polar surface area (TPSA) is 122 Å². The summed E-state index contributed by atoms with van der Waals surface area (Å²) in [7, 11) is 0. The van der Waals surface area contributed by atoms with Gasteiger partial charge in [-0.1, -0.05) is 0 Å². The summed E-state index contributed by atoms with van der Waals surface area (Å²) in [5.41, 5.74) is 11.7. The highest BCUT2D eigenvalue weighted by atomic mass is 16.3. The molecule has 14 heavy (non-hydrogen) atoms. The van der Waals surface area contributed by atoms with E-state index in [-0.39, 0.29) is 24.4 Å². The van der Waals surface area contributed by atoms with Crippen molar-refractivity contribution in [3.8, 4) is 0 Å². The molecular formula is C7H12N6O. The summed E-state index contributed by atoms with van der Waals surface area (Å²) >= 11 is 0. The van der Waals surface area contributed by atoms with Gasteiger partial charge in [0.05, 0.1) is 12.6 Å². The first-order chi connectivity index (χ1) is 6.70. The quantitative estimate of drug-likeness (QED) is 0.384. The number of anilines is 4. The smallest absolute Gasteiger partial charge is 0.224 e. The molecule has 0 spiro atoms. The highest BCUT2D eigenvalue weighted by Crippen LogP contribution is 2.29. The van der Waals surface area contributed by atoms with Gasteiger partial charge in [-0.25, -0.2) is 0 Å². The number of nitrogens with one attached hydrogen (secondary N) is 2. The molecule has 76 valence electrons. The van der Waals surface area contributed by atoms with Crippen LogP contribution in [0.1, 0.15) is 0 Å². The molecule has 0 saturated carbocycles. The van der Waals surface area contributed by atoms with E-state index in [0.717, 1.165) is 0 Å². The van der Waals surface area contributed by atoms with E-state index in [4.69, 9.17) is 16.6 Å². The Kier molecular flexibility index (Phi) is 2.01. The van der Waals surface area contributed by atoms with Gasteiger partial charge < -0.3 is 27.2 Å². The van der Waals surface area contributed by atoms with Gasteiger partial charge in [-0.15, -0.1) is 0 Å². The van der Waals surface area contributed by atoms with Crippen molar-refractivity contribution in [2.75, 3.05) is 35.3 Å². The summed E-state index contributed by atoms with van der Waals surface area (Å²) in [4.78, 5) is 7.79. The average Bonchev–Trinajstić information content (AvgIpc) is 2.17. The Hall–Kier alpha value is -1.76. The lowest BCUT2D eigenvalue weighted by Crippen LogP contribution is -2.37. The maximum atomic E-state index is 8.95. The molecular weight excluding hydrogens is 184 g/mol. The lowest BCUT2D eigenvalue weighted by Gasteiger charge is -2.26. The second kappa shape index (κ2) is 3.18. The molecule has 2 heterocycles. The van der Waals surface area contributed by atoms with Crippen LogP contribution in [0.3, 0.4) is 0 Å². The maximum absolute atomic E-state index is 8.95. The Morgan fingerprint density at radius 1 is 1.43 bits per heavy atom. The van der Waals surface area contributed by atoms with Gasteiger partial charge in [0.15, 0.2) is 11.6 Å². The van der Waals surface area contributed by atoms with Crippen LogP contribution in [0.5, 0.6) is 0 Å². The van der Waals surface area contributed by atoms with Crippen LogP contribution in [-0.4, -0.2) is 34.3 Å². The first-order valence-corrected chi connectivity index (χ1v) is 4.25. The van der Waals surface area contributed by atoms with Gasteiger partial charge in [-0.3, -0.25) is 0 Å². The van der Waals surface area contributed by atoms with Crippen LogP contribution in [0.15, 0.2) is 0 Å². The Labute approximate surface area is 80.5 Å². The summed E-state index contributed by atoms with van der Waals surface area (Å²) < 4.78 is 0. The zero-order valence-corrected chi connectivity index (χ0v) is 7.49. The number of aliphatic hydroxyl groups excluding tert-OH is 1. The van der Waals surface area contributed by atoms with Crippen LogP contribution in [0.2, 0.25) is 0 Å². The number of nitrogen functional groups attached to an aromatic ring is 2. The molecule has 2 rings (SSSR count). The third-order valence-corrected chi connectivity index (χ3v) is 2.04. The molecule has 0 radical (unpaired) electrons. The van der Waals surface area contributed by atoms with Crippen molar-refractivity contribution < 1.29 is 5.11 Å². The molecule has 7 nitrogen and oxygen atoms in total. The van der Waals surface area contributed by atoms with Gasteiger partial charge >= 0.3 is 0 Å². The van der Waals surface area contributed by atoms with Gasteiger partial charge in [0.1, 0.15) is 5.69 Å². The summed E-state index contributed by atoms with van der Waals surface area (Å²) in [6.07, 6.45) is 0. The Morgan fingerprint density at radius 2 is 2.21 bits per heavy atom. The van der Waals surface area contributed by atoms with Gasteiger partial charge in [0, 0.05) is 6.54 Å². The molecule has 1 aliphatic heterocycles. The van der Waals surface area contributed by atoms with Crippen molar-refractivity contribution in [2.24, 2.45) is 0 Å². The minimum Gasteiger partial charge on any atom is -0.394 e. The van der Waals surface area contributed by atoms with Gasteiger partial charge in [0.2, 0.25) is 5.95 Å². The van der Waals surface area contributed by atoms with Gasteiger partial charge in [0.25, 0.3) is 0 Å². The van der Waals surface area contributed by atoms with Crippen LogP contribution in [0, 0.1) is 0 Å². The summed E-state index contributed by atoms with van der Waals surface area (Å²) in [6.45, 7) is 0.607. The minimum absolute atomic E-state index is 0.0241. The SMILES string of the molecule is Nc1nc(N)c2c(n1)NC[C@@H](CO)N2. The Bertz CT molecular complexity index is 354. The molecule has 0 aromatic carbocycles. The first kappa shape index (κ1) is 8.82. The minimum atomic E-state index is -0.0722. The molecule has 0 aliphatic carbocycles. The molecule has 7 N–H and O–H groups in total. The van der Waals surface area contributed by atoms with Gasteiger partial charge in [-0.05, 0) is 0 Å². The molecule has 0 bridgehead atoms. The van der Waals surface area contributed by atoms with E-state index in [0.29, 0.717) is 18.1 Å². The zero-order valence-electron chi connectivity index (χ0n) is 7.49. The highest BCUT2D eigenvalue weighted by Gasteiger charge is 2.20. The average molecular weight is 196 g/mol. The maximum Gasteiger partial charge on any atom is 0.224 e. The monoisotopic (exact) mass is 196 g/mol. The number of nitrogens with zero attached hydrogens (tertiary/aromatic N) is 2. The van der Waals surface area contributed by atoms with E-state index in [1.165, 1.54) is 0 Å². The van der Waals surface area contributed by atoms with E-state index < -0.39 is 0 Å². The van der Waals surface area contributed by atoms with E-state index in [9.17, 15) is 0 Å². The normalized spacial score (nSPS) is 19.4. The lowest BCUT2D eigenvalue weighted by molar-refractivity contribution is 0.277. The van der Waals surface area contributed by atoms with E-state index in [1.54, 1.807) is 0 Å². The highest BCUT2D eigenvalue weighted by molar-refractivity contribution is 5.78. The second-order valence-corrected chi connectivity index (χ2v) is 3.10. The number of hydrogen-bond donors (Lipinski definition) is 5. The van der Waals surface area contributed by atoms with Crippen LogP contribution in [0.4, 0.5) is 23.3 Å². The largest absolute Gasteiger partial charge is 0.394 e. The molecule has 1 atom stereocenters. The predicted molar refractivity (Wildman–Crippen MR) is 53.8 cm³/mol. The fourth-order valence-electron chi connectivity index (χ4n) is 1.35. The molecule has 0 fully saturated rings. The van der Waals surface area contributed by atoms with E-state index in [1.807, 2.05) is 0 Å². The fourth-order valence-corrected chi connectivity index (χ4v) is 1.35. The van der Waals surface area contributed by atoms with E-state index in [2.05, 4.69) is 20.6 Å². The molecule has 1 aromatic rings. The number of aromatic nitrogens is 2. The lowest BCUT2D eigenvalue weighted by atomic mass is 10.2. The summed E-state index contributed by atoms with van der Waals surface area (Å²) in [5.74, 6) is 1.01. The summed E-state index contributed by atoms with van der Waals surface area (Å²) in [6, 6.07) is -0.0722. The molecule has 1 aromatic heterocycles. The van der Waals surface area contributed by atoms with Crippen LogP contribution in [0.25, 0.3) is 0 Å². The third kappa shape index (κ3) is 1.37. The molecule has 0 unspecified atom stereocenters. The number of nitrogens with two attached hydrogens (primary N) is 2. The van der Waals surface area contributed by atoms with Gasteiger partial charge in [-0.2, -0.15) is 9.97 Å². The molecule has 0 amide bonds. The van der Waals surface area contributed by atoms with Crippen molar-refractivity contribution in [1.82, 2.24) is 9.97 Å². The molecule has 1 aliphatic rings. The van der Waals surface area contributed by atoms with Crippen molar-refractivity contribution in [3.63, 3.8) is 0 Å². The second-order valence-electron chi connectivity index (χ2n) is 3.10. The van der Waals surface area contributed by atoms with Crippen LogP contribution in [-0.2, 0) is 0 Å². The zero-order chi connectivity index (χ0) is 10.1. The molecule has 7 heteroatoms. The molecule has 0 saturated heterocycles. The summed E-state index contributed by atoms with van der Waals surface area (Å²) in [5, 5.41) is 15.0. The van der Waals surface area contributed by atoms with Crippen LogP contribution >= 0.6 is 0 Å². The standard InChI is InChI=1S/C7H12N6O/c8-5-4-6(13-7(9)12-5)10-1-3(2-14)11-4/h3,11,14H,1-2H2,(H5,8,9,10,12,13)/t3-/m0/s1. The first-order valence-electron chi connectivity index (χ1n) is 4.25. The van der Waals surface area contributed by atoms with Crippen molar-refractivity contribution in [3.05, 3.63) is 0 Å². The van der Waals surface area contributed by atoms with Crippen molar-refractivity contribution >= 4 is 23.3 Å². The number of aliphatic hydroxyl groups is 1.